The normalized spacial score (nSPS) is 23.7. The van der Waals surface area contributed by atoms with E-state index in [1.54, 1.807) is 36.1 Å². The Labute approximate surface area is 368 Å². The van der Waals surface area contributed by atoms with E-state index < -0.39 is 34.4 Å². The van der Waals surface area contributed by atoms with Gasteiger partial charge in [-0.25, -0.2) is 4.79 Å². The summed E-state index contributed by atoms with van der Waals surface area (Å²) in [5.41, 5.74) is 2.36. The number of nitrogens with zero attached hydrogens (tertiary/aromatic N) is 3. The van der Waals surface area contributed by atoms with Gasteiger partial charge in [0.15, 0.2) is 11.5 Å². The van der Waals surface area contributed by atoms with Gasteiger partial charge >= 0.3 is 6.09 Å². The lowest BCUT2D eigenvalue weighted by Crippen LogP contribution is -2.70. The topological polar surface area (TPSA) is 181 Å². The molecule has 0 saturated heterocycles. The van der Waals surface area contributed by atoms with Crippen LogP contribution in [0.5, 0.6) is 28.7 Å². The van der Waals surface area contributed by atoms with Crippen LogP contribution in [0.1, 0.15) is 89.7 Å². The van der Waals surface area contributed by atoms with Gasteiger partial charge in [-0.2, -0.15) is 0 Å². The number of carbonyl (C=O) groups is 1. The molecule has 0 spiro atoms. The van der Waals surface area contributed by atoms with Gasteiger partial charge in [-0.1, -0.05) is 42.3 Å². The molecule has 0 bridgehead atoms. The minimum atomic E-state index is -1.53. The Morgan fingerprint density at radius 1 is 1.00 bits per heavy atom. The lowest BCUT2D eigenvalue weighted by Gasteiger charge is -2.60. The van der Waals surface area contributed by atoms with Crippen molar-refractivity contribution < 1.29 is 53.2 Å². The number of ether oxygens (including phenoxy) is 6. The molecule has 15 heteroatoms. The molecular formula is C48H59N3O12. The Balaban J connectivity index is 1.46. The summed E-state index contributed by atoms with van der Waals surface area (Å²) in [5, 5.41) is 36.5. The van der Waals surface area contributed by atoms with Gasteiger partial charge in [-0.05, 0) is 113 Å². The van der Waals surface area contributed by atoms with Crippen LogP contribution in [0.25, 0.3) is 0 Å². The van der Waals surface area contributed by atoms with E-state index in [1.165, 1.54) is 12.1 Å². The van der Waals surface area contributed by atoms with E-state index in [0.29, 0.717) is 47.3 Å². The molecule has 1 amide bonds. The van der Waals surface area contributed by atoms with Crippen LogP contribution >= 0.6 is 0 Å². The van der Waals surface area contributed by atoms with Crippen molar-refractivity contribution in [2.75, 3.05) is 33.2 Å². The first kappa shape index (κ1) is 45.4. The maximum absolute atomic E-state index is 14.5. The second kappa shape index (κ2) is 19.8. The molecule has 0 unspecified atom stereocenters. The number of oxime groups is 1. The molecule has 2 heterocycles. The number of amides is 1. The summed E-state index contributed by atoms with van der Waals surface area (Å²) >= 11 is 0. The lowest BCUT2D eigenvalue weighted by atomic mass is 9.55. The smallest absolute Gasteiger partial charge is 0.410 e. The number of fused-ring (bicyclic) bond motifs is 3. The number of rotatable bonds is 19. The van der Waals surface area contributed by atoms with Crippen molar-refractivity contribution in [2.24, 2.45) is 22.9 Å². The maximum atomic E-state index is 14.5. The number of aliphatic hydroxyl groups excluding tert-OH is 2. The van der Waals surface area contributed by atoms with E-state index >= 15 is 0 Å². The predicted octanol–water partition coefficient (Wildman–Crippen LogP) is 9.21. The zero-order valence-corrected chi connectivity index (χ0v) is 36.5. The number of nitro benzene ring substituents is 1. The fourth-order valence-electron chi connectivity index (χ4n) is 9.44. The summed E-state index contributed by atoms with van der Waals surface area (Å²) in [5.74, 6) is -0.0272. The summed E-state index contributed by atoms with van der Waals surface area (Å²) in [7, 11) is 0. The van der Waals surface area contributed by atoms with Crippen LogP contribution in [-0.4, -0.2) is 82.5 Å². The van der Waals surface area contributed by atoms with Gasteiger partial charge < -0.3 is 43.5 Å². The molecule has 2 N–H and O–H groups in total. The third-order valence-corrected chi connectivity index (χ3v) is 12.0. The van der Waals surface area contributed by atoms with Gasteiger partial charge in [0.1, 0.15) is 28.9 Å². The van der Waals surface area contributed by atoms with E-state index in [0.717, 1.165) is 42.4 Å². The van der Waals surface area contributed by atoms with Crippen molar-refractivity contribution in [1.29, 1.82) is 0 Å². The van der Waals surface area contributed by atoms with Crippen LogP contribution < -0.4 is 18.9 Å². The molecule has 63 heavy (non-hydrogen) atoms. The molecule has 6 atom stereocenters. The van der Waals surface area contributed by atoms with Crippen molar-refractivity contribution in [2.45, 2.75) is 103 Å². The summed E-state index contributed by atoms with van der Waals surface area (Å²) in [4.78, 5) is 33.6. The fourth-order valence-corrected chi connectivity index (χ4v) is 9.44. The monoisotopic (exact) mass is 869 g/mol. The van der Waals surface area contributed by atoms with E-state index in [-0.39, 0.29) is 69.6 Å². The molecule has 1 saturated carbocycles. The average molecular weight is 870 g/mol. The quantitative estimate of drug-likeness (QED) is 0.0505. The number of nitro groups is 1. The van der Waals surface area contributed by atoms with Crippen LogP contribution in [0.2, 0.25) is 0 Å². The average Bonchev–Trinajstić information content (AvgIpc) is 3.73. The van der Waals surface area contributed by atoms with Gasteiger partial charge in [-0.3, -0.25) is 15.0 Å². The van der Waals surface area contributed by atoms with Crippen molar-refractivity contribution in [3.63, 3.8) is 0 Å². The van der Waals surface area contributed by atoms with E-state index in [1.807, 2.05) is 51.1 Å². The van der Waals surface area contributed by atoms with Gasteiger partial charge in [0.05, 0.1) is 35.8 Å². The van der Waals surface area contributed by atoms with Crippen LogP contribution in [0.4, 0.5) is 10.5 Å². The highest BCUT2D eigenvalue weighted by Gasteiger charge is 2.65. The Morgan fingerprint density at radius 2 is 1.75 bits per heavy atom. The van der Waals surface area contributed by atoms with E-state index in [9.17, 15) is 25.1 Å². The predicted molar refractivity (Wildman–Crippen MR) is 234 cm³/mol. The molecule has 3 aromatic carbocycles. The summed E-state index contributed by atoms with van der Waals surface area (Å²) < 4.78 is 37.9. The summed E-state index contributed by atoms with van der Waals surface area (Å²) in [6, 6.07) is 16.3. The molecule has 2 aliphatic heterocycles. The molecule has 4 aliphatic rings. The number of carbonyl (C=O) groups excluding carboxylic acids is 1. The van der Waals surface area contributed by atoms with Crippen LogP contribution in [-0.2, 0) is 20.9 Å². The molecule has 3 aromatic rings. The van der Waals surface area contributed by atoms with Gasteiger partial charge in [0.2, 0.25) is 12.6 Å². The lowest BCUT2D eigenvalue weighted by molar-refractivity contribution is -0.384. The first-order valence-electron chi connectivity index (χ1n) is 21.9. The Bertz CT molecular complexity index is 2190. The Morgan fingerprint density at radius 3 is 2.48 bits per heavy atom. The third-order valence-electron chi connectivity index (χ3n) is 12.0. The number of non-ortho nitro benzene ring substituents is 1. The molecule has 338 valence electrons. The highest BCUT2D eigenvalue weighted by atomic mass is 16.7. The van der Waals surface area contributed by atoms with Crippen LogP contribution in [0.3, 0.4) is 0 Å². The standard InChI is InChI=1S/C48H59N3O12/c1-6-23-60-48-43(50(46(54)57-7-2)29-31-17-19-41-42(24-31)59-30-58-41)28-39(49-63-47(3,4)5)37-25-32(13-8-10-21-52)36(16-9-11-22-53)44(45(37)48)38-27-35(18-20-40(38)62-48)61-34-15-12-14-33(26-34)51(55)56/h6,12,14-15,17-20,24-27,32,36,43-45,52-53H,1,7-11,13,16,21-23,28-30H2,2-5H3/t32-,36+,43-,44+,45+,48+/m0/s1. The van der Waals surface area contributed by atoms with Crippen molar-refractivity contribution >= 4 is 17.5 Å². The number of unbranched alkanes of at least 4 members (excludes halogenated alkanes) is 2. The van der Waals surface area contributed by atoms with Crippen molar-refractivity contribution in [3.8, 4) is 28.7 Å². The number of benzene rings is 3. The minimum absolute atomic E-state index is 0.00192. The first-order chi connectivity index (χ1) is 30.4. The highest BCUT2D eigenvalue weighted by molar-refractivity contribution is 6.03. The molecule has 1 fully saturated rings. The molecule has 0 radical (unpaired) electrons. The summed E-state index contributed by atoms with van der Waals surface area (Å²) in [6.45, 7) is 12.1. The SMILES string of the molecule is C=CCO[C@@]12Oc3ccc(Oc4cccc([N+](=O)[O-])c4)cc3[C@H]3[C@H](CCCCO)[C@@H](CCCCO)C=C(C(=NOC(C)(C)C)C[C@@H]1N(Cc1ccc4c(c1)OCO4)C(=O)OCC)[C@H]32. The molecule has 0 aromatic heterocycles. The van der Waals surface area contributed by atoms with Crippen LogP contribution in [0, 0.1) is 27.9 Å². The second-order valence-corrected chi connectivity index (χ2v) is 17.3. The van der Waals surface area contributed by atoms with Gasteiger partial charge in [0.25, 0.3) is 5.69 Å². The number of aliphatic hydroxyl groups is 2. The van der Waals surface area contributed by atoms with E-state index in [2.05, 4.69) is 12.7 Å². The maximum Gasteiger partial charge on any atom is 0.410 e. The van der Waals surface area contributed by atoms with Gasteiger partial charge in [-0.15, -0.1) is 6.58 Å². The minimum Gasteiger partial charge on any atom is -0.459 e. The Kier molecular flexibility index (Phi) is 14.3. The second-order valence-electron chi connectivity index (χ2n) is 17.3. The fraction of sp³-hybridized carbons (Fsp3) is 0.500. The largest absolute Gasteiger partial charge is 0.459 e. The Hall–Kier alpha value is -5.64. The highest BCUT2D eigenvalue weighted by Crippen LogP contribution is 2.62. The molecule has 7 rings (SSSR count). The zero-order chi connectivity index (χ0) is 44.7. The molecule has 15 nitrogen and oxygen atoms in total. The van der Waals surface area contributed by atoms with Gasteiger partial charge in [0, 0.05) is 43.7 Å². The van der Waals surface area contributed by atoms with Crippen molar-refractivity contribution in [3.05, 3.63) is 106 Å². The number of hydrogen-bond acceptors (Lipinski definition) is 13. The number of allylic oxidation sites excluding steroid dienone is 1. The third kappa shape index (κ3) is 9.95. The zero-order valence-electron chi connectivity index (χ0n) is 36.5. The summed E-state index contributed by atoms with van der Waals surface area (Å²) in [6.07, 6.45) is 7.79. The first-order valence-corrected chi connectivity index (χ1v) is 21.9. The molecule has 2 aliphatic carbocycles. The molecular weight excluding hydrogens is 811 g/mol. The number of hydrogen-bond donors (Lipinski definition) is 2. The van der Waals surface area contributed by atoms with Crippen molar-refractivity contribution in [1.82, 2.24) is 4.90 Å². The van der Waals surface area contributed by atoms with Crippen LogP contribution in [0.15, 0.2) is 90.1 Å². The van der Waals surface area contributed by atoms with E-state index in [4.69, 9.17) is 38.4 Å².